The van der Waals surface area contributed by atoms with Crippen molar-refractivity contribution in [2.45, 2.75) is 32.2 Å². The van der Waals surface area contributed by atoms with Crippen LogP contribution in [-0.4, -0.2) is 49.7 Å². The van der Waals surface area contributed by atoms with Crippen LogP contribution < -0.4 is 0 Å². The van der Waals surface area contributed by atoms with Crippen molar-refractivity contribution in [1.82, 2.24) is 14.7 Å². The standard InChI is InChI=1S/C14H18N4O5/c19-12(3-5-17-8-11(6-15-17)18(22)23)16-7-10-2-1-4-14(10,9-16)13(20)21/h6,8,10H,1-5,7,9H2,(H,20,21)/t10-,14+/m0/s1. The fourth-order valence-electron chi connectivity index (χ4n) is 3.77. The summed E-state index contributed by atoms with van der Waals surface area (Å²) in [5.41, 5.74) is -0.891. The highest BCUT2D eigenvalue weighted by Crippen LogP contribution is 2.48. The lowest BCUT2D eigenvalue weighted by molar-refractivity contribution is -0.385. The Bertz CT molecular complexity index is 657. The van der Waals surface area contributed by atoms with Crippen molar-refractivity contribution in [3.63, 3.8) is 0 Å². The predicted molar refractivity (Wildman–Crippen MR) is 77.5 cm³/mol. The van der Waals surface area contributed by atoms with Gasteiger partial charge in [0.25, 0.3) is 0 Å². The van der Waals surface area contributed by atoms with Crippen LogP contribution in [0.1, 0.15) is 25.7 Å². The molecule has 0 unspecified atom stereocenters. The van der Waals surface area contributed by atoms with Crippen molar-refractivity contribution < 1.29 is 19.6 Å². The molecule has 0 aromatic carbocycles. The number of hydrogen-bond donors (Lipinski definition) is 1. The van der Waals surface area contributed by atoms with Gasteiger partial charge in [0.05, 0.1) is 10.3 Å². The van der Waals surface area contributed by atoms with Gasteiger partial charge in [-0.25, -0.2) is 0 Å². The molecule has 0 radical (unpaired) electrons. The molecule has 1 aliphatic carbocycles. The first kappa shape index (κ1) is 15.4. The van der Waals surface area contributed by atoms with Gasteiger partial charge in [0.1, 0.15) is 12.4 Å². The summed E-state index contributed by atoms with van der Waals surface area (Å²) in [6, 6.07) is 0. The first-order valence-electron chi connectivity index (χ1n) is 7.60. The van der Waals surface area contributed by atoms with Gasteiger partial charge in [-0.05, 0) is 18.8 Å². The summed E-state index contributed by atoms with van der Waals surface area (Å²) in [5, 5.41) is 24.0. The molecular weight excluding hydrogens is 304 g/mol. The van der Waals surface area contributed by atoms with Crippen LogP contribution in [0.4, 0.5) is 5.69 Å². The molecule has 1 amide bonds. The summed E-state index contributed by atoms with van der Waals surface area (Å²) in [6.45, 7) is 1.00. The Morgan fingerprint density at radius 3 is 2.91 bits per heavy atom. The molecule has 1 N–H and O–H groups in total. The molecule has 0 bridgehead atoms. The normalized spacial score (nSPS) is 26.3. The maximum Gasteiger partial charge on any atom is 0.311 e. The van der Waals surface area contributed by atoms with Gasteiger partial charge in [-0.2, -0.15) is 5.10 Å². The van der Waals surface area contributed by atoms with Crippen LogP contribution >= 0.6 is 0 Å². The Kier molecular flexibility index (Phi) is 3.78. The average molecular weight is 322 g/mol. The van der Waals surface area contributed by atoms with Gasteiger partial charge in [0, 0.05) is 26.1 Å². The van der Waals surface area contributed by atoms with E-state index in [4.69, 9.17) is 0 Å². The SMILES string of the molecule is O=C(CCn1cc([N+](=O)[O-])cn1)N1C[C@@H]2CCC[C@@]2(C(=O)O)C1. The fraction of sp³-hybridized carbons (Fsp3) is 0.643. The van der Waals surface area contributed by atoms with E-state index in [2.05, 4.69) is 5.10 Å². The van der Waals surface area contributed by atoms with Crippen molar-refractivity contribution >= 4 is 17.6 Å². The van der Waals surface area contributed by atoms with Crippen LogP contribution in [0.25, 0.3) is 0 Å². The molecule has 2 aliphatic rings. The van der Waals surface area contributed by atoms with Crippen LogP contribution in [-0.2, 0) is 16.1 Å². The van der Waals surface area contributed by atoms with Crippen LogP contribution in [0.15, 0.2) is 12.4 Å². The third-order valence-electron chi connectivity index (χ3n) is 5.03. The van der Waals surface area contributed by atoms with E-state index in [-0.39, 0.29) is 37.0 Å². The molecule has 9 heteroatoms. The zero-order valence-electron chi connectivity index (χ0n) is 12.6. The number of aromatic nitrogens is 2. The Balaban J connectivity index is 1.59. The molecule has 3 rings (SSSR count). The number of aryl methyl sites for hydroxylation is 1. The lowest BCUT2D eigenvalue weighted by Crippen LogP contribution is -2.37. The minimum atomic E-state index is -0.807. The monoisotopic (exact) mass is 322 g/mol. The molecule has 1 aromatic rings. The molecule has 9 nitrogen and oxygen atoms in total. The quantitative estimate of drug-likeness (QED) is 0.635. The molecule has 2 heterocycles. The maximum absolute atomic E-state index is 12.3. The molecule has 1 saturated carbocycles. The largest absolute Gasteiger partial charge is 0.481 e. The van der Waals surface area contributed by atoms with Crippen molar-refractivity contribution in [1.29, 1.82) is 0 Å². The number of carbonyl (C=O) groups excluding carboxylic acids is 1. The second-order valence-electron chi connectivity index (χ2n) is 6.29. The van der Waals surface area contributed by atoms with E-state index in [0.29, 0.717) is 13.0 Å². The molecule has 2 fully saturated rings. The minimum Gasteiger partial charge on any atom is -0.481 e. The van der Waals surface area contributed by atoms with Gasteiger partial charge in [-0.3, -0.25) is 24.4 Å². The Morgan fingerprint density at radius 1 is 1.52 bits per heavy atom. The summed E-state index contributed by atoms with van der Waals surface area (Å²) in [7, 11) is 0. The maximum atomic E-state index is 12.3. The summed E-state index contributed by atoms with van der Waals surface area (Å²) < 4.78 is 1.36. The zero-order chi connectivity index (χ0) is 16.6. The first-order chi connectivity index (χ1) is 10.9. The van der Waals surface area contributed by atoms with Crippen LogP contribution in [0.5, 0.6) is 0 Å². The fourth-order valence-corrected chi connectivity index (χ4v) is 3.77. The van der Waals surface area contributed by atoms with Gasteiger partial charge >= 0.3 is 11.7 Å². The highest BCUT2D eigenvalue weighted by Gasteiger charge is 2.55. The van der Waals surface area contributed by atoms with E-state index in [1.165, 1.54) is 10.9 Å². The van der Waals surface area contributed by atoms with Gasteiger partial charge in [0.2, 0.25) is 5.91 Å². The second-order valence-corrected chi connectivity index (χ2v) is 6.29. The van der Waals surface area contributed by atoms with E-state index in [9.17, 15) is 24.8 Å². The molecule has 1 saturated heterocycles. The number of aliphatic carboxylic acids is 1. The van der Waals surface area contributed by atoms with Crippen LogP contribution in [0.2, 0.25) is 0 Å². The Hall–Kier alpha value is -2.45. The highest BCUT2D eigenvalue weighted by atomic mass is 16.6. The van der Waals surface area contributed by atoms with Crippen molar-refractivity contribution in [3.05, 3.63) is 22.5 Å². The molecule has 124 valence electrons. The van der Waals surface area contributed by atoms with Crippen molar-refractivity contribution in [3.8, 4) is 0 Å². The molecule has 2 atom stereocenters. The van der Waals surface area contributed by atoms with Gasteiger partial charge in [-0.15, -0.1) is 0 Å². The van der Waals surface area contributed by atoms with Gasteiger partial charge < -0.3 is 10.0 Å². The van der Waals surface area contributed by atoms with E-state index in [1.54, 1.807) is 4.90 Å². The molecular formula is C14H18N4O5. The van der Waals surface area contributed by atoms with E-state index >= 15 is 0 Å². The van der Waals surface area contributed by atoms with Crippen LogP contribution in [0, 0.1) is 21.4 Å². The molecule has 1 aromatic heterocycles. The van der Waals surface area contributed by atoms with E-state index in [0.717, 1.165) is 19.0 Å². The highest BCUT2D eigenvalue weighted by molar-refractivity contribution is 5.81. The zero-order valence-corrected chi connectivity index (χ0v) is 12.6. The Labute approximate surface area is 132 Å². The Morgan fingerprint density at radius 2 is 2.30 bits per heavy atom. The van der Waals surface area contributed by atoms with Gasteiger partial charge in [0.15, 0.2) is 0 Å². The number of nitro groups is 1. The lowest BCUT2D eigenvalue weighted by atomic mass is 9.81. The molecule has 0 spiro atoms. The minimum absolute atomic E-state index is 0.0368. The third kappa shape index (κ3) is 2.66. The topological polar surface area (TPSA) is 119 Å². The summed E-state index contributed by atoms with van der Waals surface area (Å²) in [5.74, 6) is -0.897. The summed E-state index contributed by atoms with van der Waals surface area (Å²) in [6.07, 6.45) is 4.95. The van der Waals surface area contributed by atoms with Crippen LogP contribution in [0.3, 0.4) is 0 Å². The van der Waals surface area contributed by atoms with E-state index < -0.39 is 16.3 Å². The van der Waals surface area contributed by atoms with Crippen molar-refractivity contribution in [2.75, 3.05) is 13.1 Å². The number of amides is 1. The smallest absolute Gasteiger partial charge is 0.311 e. The number of rotatable bonds is 5. The first-order valence-corrected chi connectivity index (χ1v) is 7.60. The number of carboxylic acid groups (broad SMARTS) is 1. The number of carboxylic acids is 1. The number of likely N-dealkylation sites (tertiary alicyclic amines) is 1. The summed E-state index contributed by atoms with van der Waals surface area (Å²) in [4.78, 5) is 35.6. The van der Waals surface area contributed by atoms with Crippen molar-refractivity contribution in [2.24, 2.45) is 11.3 Å². The van der Waals surface area contributed by atoms with Gasteiger partial charge in [-0.1, -0.05) is 6.42 Å². The predicted octanol–water partition coefficient (Wildman–Crippen LogP) is 0.895. The lowest BCUT2D eigenvalue weighted by Gasteiger charge is -2.23. The molecule has 23 heavy (non-hydrogen) atoms. The summed E-state index contributed by atoms with van der Waals surface area (Å²) >= 11 is 0. The number of fused-ring (bicyclic) bond motifs is 1. The second kappa shape index (κ2) is 5.64. The average Bonchev–Trinajstić information content (AvgIpc) is 3.18. The third-order valence-corrected chi connectivity index (χ3v) is 5.03. The molecule has 1 aliphatic heterocycles. The van der Waals surface area contributed by atoms with E-state index in [1.807, 2.05) is 0 Å². The number of hydrogen-bond acceptors (Lipinski definition) is 5. The number of carbonyl (C=O) groups is 2. The number of nitrogens with zero attached hydrogens (tertiary/aromatic N) is 4.